The summed E-state index contributed by atoms with van der Waals surface area (Å²) in [5.74, 6) is 0. The number of rotatable bonds is 1. The minimum absolute atomic E-state index is 0.197. The van der Waals surface area contributed by atoms with E-state index in [4.69, 9.17) is 5.26 Å². The fraction of sp³-hybridized carbons (Fsp3) is 0.143. The predicted molar refractivity (Wildman–Crippen MR) is 44.1 cm³/mol. The van der Waals surface area contributed by atoms with E-state index in [0.29, 0.717) is 10.2 Å². The van der Waals surface area contributed by atoms with Gasteiger partial charge in [-0.25, -0.2) is 0 Å². The molecule has 4 heteroatoms. The summed E-state index contributed by atoms with van der Waals surface area (Å²) in [4.78, 5) is 13.5. The van der Waals surface area contributed by atoms with E-state index in [2.05, 4.69) is 20.9 Å². The molecule has 56 valence electrons. The fourth-order valence-corrected chi connectivity index (χ4v) is 0.916. The number of nitrogens with one attached hydrogen (secondary N) is 1. The Morgan fingerprint density at radius 2 is 2.36 bits per heavy atom. The molecule has 0 aromatic carbocycles. The lowest BCUT2D eigenvalue weighted by atomic mass is 10.3. The first-order valence-corrected chi connectivity index (χ1v) is 3.78. The van der Waals surface area contributed by atoms with Gasteiger partial charge in [-0.15, -0.1) is 0 Å². The van der Waals surface area contributed by atoms with Crippen LogP contribution >= 0.6 is 15.9 Å². The van der Waals surface area contributed by atoms with Crippen LogP contribution in [0.1, 0.15) is 5.69 Å². The van der Waals surface area contributed by atoms with E-state index >= 15 is 0 Å². The number of hydrogen-bond donors (Lipinski definition) is 1. The molecule has 0 aliphatic rings. The van der Waals surface area contributed by atoms with Crippen LogP contribution in [0.25, 0.3) is 0 Å². The molecule has 0 fully saturated rings. The quantitative estimate of drug-likeness (QED) is 0.761. The van der Waals surface area contributed by atoms with Gasteiger partial charge in [0.15, 0.2) is 0 Å². The molecule has 0 spiro atoms. The number of nitriles is 1. The Bertz CT molecular complexity index is 350. The van der Waals surface area contributed by atoms with Gasteiger partial charge < -0.3 is 4.98 Å². The first-order valence-electron chi connectivity index (χ1n) is 2.98. The van der Waals surface area contributed by atoms with E-state index in [0.717, 1.165) is 0 Å². The van der Waals surface area contributed by atoms with Gasteiger partial charge in [-0.2, -0.15) is 5.26 Å². The van der Waals surface area contributed by atoms with Crippen molar-refractivity contribution >= 4 is 15.9 Å². The Morgan fingerprint density at radius 1 is 1.64 bits per heavy atom. The molecule has 1 aromatic rings. The van der Waals surface area contributed by atoms with Gasteiger partial charge in [-0.3, -0.25) is 4.79 Å². The highest BCUT2D eigenvalue weighted by atomic mass is 79.9. The van der Waals surface area contributed by atoms with Crippen molar-refractivity contribution in [3.63, 3.8) is 0 Å². The summed E-state index contributed by atoms with van der Waals surface area (Å²) in [7, 11) is 0. The number of aromatic amines is 1. The highest BCUT2D eigenvalue weighted by Crippen LogP contribution is 2.01. The lowest BCUT2D eigenvalue weighted by Crippen LogP contribution is -2.08. The van der Waals surface area contributed by atoms with Crippen molar-refractivity contribution in [2.24, 2.45) is 0 Å². The smallest absolute Gasteiger partial charge is 0.262 e. The zero-order valence-corrected chi connectivity index (χ0v) is 7.18. The maximum atomic E-state index is 10.9. The van der Waals surface area contributed by atoms with Crippen LogP contribution in [-0.2, 0) is 6.42 Å². The molecular weight excluding hydrogens is 208 g/mol. The van der Waals surface area contributed by atoms with Gasteiger partial charge in [0.05, 0.1) is 17.0 Å². The van der Waals surface area contributed by atoms with E-state index in [-0.39, 0.29) is 12.0 Å². The normalized spacial score (nSPS) is 9.09. The van der Waals surface area contributed by atoms with Crippen LogP contribution in [0.3, 0.4) is 0 Å². The van der Waals surface area contributed by atoms with Gasteiger partial charge in [0.1, 0.15) is 0 Å². The molecule has 0 atom stereocenters. The van der Waals surface area contributed by atoms with Crippen LogP contribution in [0.2, 0.25) is 0 Å². The molecule has 3 nitrogen and oxygen atoms in total. The summed E-state index contributed by atoms with van der Waals surface area (Å²) in [6, 6.07) is 5.28. The molecule has 0 saturated heterocycles. The second-order valence-electron chi connectivity index (χ2n) is 2.00. The Kier molecular flexibility index (Phi) is 2.44. The fourth-order valence-electron chi connectivity index (χ4n) is 0.685. The Balaban J connectivity index is 3.08. The highest BCUT2D eigenvalue weighted by molar-refractivity contribution is 9.10. The van der Waals surface area contributed by atoms with E-state index in [1.807, 2.05) is 6.07 Å². The van der Waals surface area contributed by atoms with E-state index in [9.17, 15) is 4.79 Å². The molecular formula is C7H5BrN2O. The van der Waals surface area contributed by atoms with Crippen molar-refractivity contribution in [3.05, 3.63) is 32.7 Å². The molecule has 0 amide bonds. The second kappa shape index (κ2) is 3.35. The van der Waals surface area contributed by atoms with Crippen molar-refractivity contribution in [1.82, 2.24) is 4.98 Å². The van der Waals surface area contributed by atoms with Gasteiger partial charge in [-0.1, -0.05) is 0 Å². The van der Waals surface area contributed by atoms with Crippen LogP contribution < -0.4 is 5.56 Å². The predicted octanol–water partition coefficient (Wildman–Crippen LogP) is 1.20. The minimum Gasteiger partial charge on any atom is -0.324 e. The van der Waals surface area contributed by atoms with Gasteiger partial charge in [0.25, 0.3) is 5.56 Å². The number of pyridine rings is 1. The van der Waals surface area contributed by atoms with Gasteiger partial charge in [0, 0.05) is 5.69 Å². The SMILES string of the molecule is N#CCc1ccc(Br)c(=O)[nH]1. The summed E-state index contributed by atoms with van der Waals surface area (Å²) in [5, 5.41) is 8.30. The van der Waals surface area contributed by atoms with Crippen LogP contribution in [0, 0.1) is 11.3 Å². The van der Waals surface area contributed by atoms with E-state index in [1.54, 1.807) is 12.1 Å². The summed E-state index contributed by atoms with van der Waals surface area (Å²) in [6.07, 6.45) is 0.239. The van der Waals surface area contributed by atoms with Crippen LogP contribution in [0.15, 0.2) is 21.4 Å². The molecule has 1 aromatic heterocycles. The number of hydrogen-bond acceptors (Lipinski definition) is 2. The monoisotopic (exact) mass is 212 g/mol. The molecule has 1 N–H and O–H groups in total. The van der Waals surface area contributed by atoms with Crippen molar-refractivity contribution in [1.29, 1.82) is 5.26 Å². The standard InChI is InChI=1S/C7H5BrN2O/c8-6-2-1-5(3-4-9)10-7(6)11/h1-2H,3H2,(H,10,11). The molecule has 0 aliphatic heterocycles. The number of aromatic nitrogens is 1. The first-order chi connectivity index (χ1) is 5.24. The van der Waals surface area contributed by atoms with Crippen LogP contribution in [-0.4, -0.2) is 4.98 Å². The third-order valence-electron chi connectivity index (χ3n) is 1.19. The molecule has 0 saturated carbocycles. The summed E-state index contributed by atoms with van der Waals surface area (Å²) >= 11 is 3.05. The summed E-state index contributed by atoms with van der Waals surface area (Å²) in [6.45, 7) is 0. The van der Waals surface area contributed by atoms with Gasteiger partial charge in [-0.05, 0) is 28.1 Å². The number of nitrogens with zero attached hydrogens (tertiary/aromatic N) is 1. The third-order valence-corrected chi connectivity index (χ3v) is 1.82. The maximum Gasteiger partial charge on any atom is 0.262 e. The largest absolute Gasteiger partial charge is 0.324 e. The highest BCUT2D eigenvalue weighted by Gasteiger charge is 1.95. The minimum atomic E-state index is -0.197. The molecule has 11 heavy (non-hydrogen) atoms. The maximum absolute atomic E-state index is 10.9. The zero-order valence-electron chi connectivity index (χ0n) is 5.60. The first kappa shape index (κ1) is 8.02. The zero-order chi connectivity index (χ0) is 8.27. The lowest BCUT2D eigenvalue weighted by Gasteiger charge is -1.93. The van der Waals surface area contributed by atoms with Crippen molar-refractivity contribution in [2.45, 2.75) is 6.42 Å². The number of halogens is 1. The topological polar surface area (TPSA) is 56.6 Å². The third kappa shape index (κ3) is 1.92. The Labute approximate surface area is 71.8 Å². The molecule has 1 rings (SSSR count). The summed E-state index contributed by atoms with van der Waals surface area (Å²) < 4.78 is 0.485. The molecule has 0 radical (unpaired) electrons. The Morgan fingerprint density at radius 3 is 2.91 bits per heavy atom. The van der Waals surface area contributed by atoms with Crippen LogP contribution in [0.5, 0.6) is 0 Å². The molecule has 0 aliphatic carbocycles. The average molecular weight is 213 g/mol. The number of H-pyrrole nitrogens is 1. The van der Waals surface area contributed by atoms with Crippen molar-refractivity contribution in [2.75, 3.05) is 0 Å². The van der Waals surface area contributed by atoms with Gasteiger partial charge in [0.2, 0.25) is 0 Å². The second-order valence-corrected chi connectivity index (χ2v) is 2.85. The van der Waals surface area contributed by atoms with E-state index in [1.165, 1.54) is 0 Å². The molecule has 1 heterocycles. The van der Waals surface area contributed by atoms with E-state index < -0.39 is 0 Å². The van der Waals surface area contributed by atoms with Crippen LogP contribution in [0.4, 0.5) is 0 Å². The average Bonchev–Trinajstić information content (AvgIpc) is 1.98. The van der Waals surface area contributed by atoms with Crippen molar-refractivity contribution in [3.8, 4) is 6.07 Å². The molecule has 0 bridgehead atoms. The van der Waals surface area contributed by atoms with Gasteiger partial charge >= 0.3 is 0 Å². The van der Waals surface area contributed by atoms with Crippen molar-refractivity contribution < 1.29 is 0 Å². The lowest BCUT2D eigenvalue weighted by molar-refractivity contribution is 1.07. The Hall–Kier alpha value is -1.08. The summed E-state index contributed by atoms with van der Waals surface area (Å²) in [5.41, 5.74) is 0.443. The molecule has 0 unspecified atom stereocenters.